The second kappa shape index (κ2) is 5.16. The molecule has 0 radical (unpaired) electrons. The van der Waals surface area contributed by atoms with Crippen molar-refractivity contribution in [2.45, 2.75) is 77.3 Å². The maximum absolute atomic E-state index is 13.1. The highest BCUT2D eigenvalue weighted by molar-refractivity contribution is 5.96. The zero-order valence-electron chi connectivity index (χ0n) is 15.6. The summed E-state index contributed by atoms with van der Waals surface area (Å²) >= 11 is 0. The standard InChI is InChI=1S/C20H30O5/c1-10(2)13-15(22)16(23)20(24)17-14-11(9-25-17)12(21)5-6-18(14,3)7-8-19(13,20)4/h10,12-13,15,17,21-22,24H,5-9H2,1-4H3. The highest BCUT2D eigenvalue weighted by atomic mass is 16.5. The Hall–Kier alpha value is -0.750. The lowest BCUT2D eigenvalue weighted by atomic mass is 9.63. The zero-order chi connectivity index (χ0) is 18.4. The van der Waals surface area contributed by atoms with Crippen molar-refractivity contribution < 1.29 is 24.9 Å². The van der Waals surface area contributed by atoms with E-state index in [4.69, 9.17) is 4.74 Å². The SMILES string of the molecule is CC(C)C1C(O)C(=O)C2(O)C3OCC4=C3C(C)(CCC4O)CCC12C. The lowest BCUT2D eigenvalue weighted by molar-refractivity contribution is -0.168. The van der Waals surface area contributed by atoms with Crippen LogP contribution in [0.2, 0.25) is 0 Å². The first-order valence-electron chi connectivity index (χ1n) is 9.56. The minimum Gasteiger partial charge on any atom is -0.389 e. The van der Waals surface area contributed by atoms with Crippen molar-refractivity contribution in [2.24, 2.45) is 22.7 Å². The first kappa shape index (κ1) is 17.7. The summed E-state index contributed by atoms with van der Waals surface area (Å²) in [6, 6.07) is 0. The van der Waals surface area contributed by atoms with E-state index in [-0.39, 0.29) is 23.9 Å². The predicted molar refractivity (Wildman–Crippen MR) is 91.7 cm³/mol. The highest BCUT2D eigenvalue weighted by Crippen LogP contribution is 2.64. The maximum Gasteiger partial charge on any atom is 0.196 e. The fourth-order valence-electron chi connectivity index (χ4n) is 6.53. The van der Waals surface area contributed by atoms with Crippen molar-refractivity contribution in [3.63, 3.8) is 0 Å². The molecule has 0 aromatic rings. The van der Waals surface area contributed by atoms with Crippen LogP contribution in [-0.4, -0.2) is 51.6 Å². The number of ether oxygens (including phenoxy) is 1. The van der Waals surface area contributed by atoms with Crippen molar-refractivity contribution in [1.82, 2.24) is 0 Å². The van der Waals surface area contributed by atoms with Gasteiger partial charge in [0.2, 0.25) is 0 Å². The van der Waals surface area contributed by atoms with Gasteiger partial charge in [-0.15, -0.1) is 0 Å². The summed E-state index contributed by atoms with van der Waals surface area (Å²) in [5.41, 5.74) is -0.844. The van der Waals surface area contributed by atoms with Gasteiger partial charge in [0.25, 0.3) is 0 Å². The average Bonchev–Trinajstić information content (AvgIpc) is 3.04. The lowest BCUT2D eigenvalue weighted by Crippen LogP contribution is -2.58. The molecule has 0 spiro atoms. The van der Waals surface area contributed by atoms with Gasteiger partial charge in [-0.05, 0) is 48.2 Å². The molecule has 0 saturated heterocycles. The van der Waals surface area contributed by atoms with Crippen LogP contribution < -0.4 is 0 Å². The number of aliphatic hydroxyl groups excluding tert-OH is 2. The fourth-order valence-corrected chi connectivity index (χ4v) is 6.53. The number of hydrogen-bond acceptors (Lipinski definition) is 5. The van der Waals surface area contributed by atoms with E-state index < -0.39 is 35.1 Å². The smallest absolute Gasteiger partial charge is 0.196 e. The van der Waals surface area contributed by atoms with Gasteiger partial charge in [-0.1, -0.05) is 27.7 Å². The maximum atomic E-state index is 13.1. The summed E-state index contributed by atoms with van der Waals surface area (Å²) in [4.78, 5) is 13.1. The van der Waals surface area contributed by atoms with E-state index in [2.05, 4.69) is 6.92 Å². The molecule has 140 valence electrons. The number of carbonyl (C=O) groups excluding carboxylic acids is 1. The van der Waals surface area contributed by atoms with Gasteiger partial charge in [0.05, 0.1) is 12.7 Å². The Morgan fingerprint density at radius 3 is 2.48 bits per heavy atom. The topological polar surface area (TPSA) is 87.0 Å². The summed E-state index contributed by atoms with van der Waals surface area (Å²) in [5.74, 6) is -0.727. The molecule has 0 aromatic carbocycles. The minimum absolute atomic E-state index is 0.0753. The molecule has 0 bridgehead atoms. The van der Waals surface area contributed by atoms with Crippen LogP contribution in [0.5, 0.6) is 0 Å². The van der Waals surface area contributed by atoms with Crippen LogP contribution in [0.3, 0.4) is 0 Å². The van der Waals surface area contributed by atoms with Crippen molar-refractivity contribution in [3.05, 3.63) is 11.1 Å². The summed E-state index contributed by atoms with van der Waals surface area (Å²) in [6.45, 7) is 8.40. The van der Waals surface area contributed by atoms with Gasteiger partial charge in [0, 0.05) is 11.3 Å². The summed E-state index contributed by atoms with van der Waals surface area (Å²) in [6.07, 6.45) is 0.566. The average molecular weight is 350 g/mol. The molecule has 2 saturated carbocycles. The number of rotatable bonds is 1. The molecule has 5 heteroatoms. The molecule has 7 atom stereocenters. The quantitative estimate of drug-likeness (QED) is 0.625. The van der Waals surface area contributed by atoms with E-state index >= 15 is 0 Å². The number of carbonyl (C=O) groups is 1. The van der Waals surface area contributed by atoms with Gasteiger partial charge >= 0.3 is 0 Å². The fraction of sp³-hybridized carbons (Fsp3) is 0.850. The number of Topliss-reactive ketones (excluding diaryl/α,β-unsaturated/α-hetero) is 1. The van der Waals surface area contributed by atoms with Crippen molar-refractivity contribution in [1.29, 1.82) is 0 Å². The molecule has 7 unspecified atom stereocenters. The van der Waals surface area contributed by atoms with E-state index in [0.29, 0.717) is 12.8 Å². The van der Waals surface area contributed by atoms with Crippen LogP contribution in [0.1, 0.15) is 53.4 Å². The van der Waals surface area contributed by atoms with Crippen LogP contribution in [-0.2, 0) is 9.53 Å². The second-order valence-electron chi connectivity index (χ2n) is 9.51. The monoisotopic (exact) mass is 350 g/mol. The first-order chi connectivity index (χ1) is 11.6. The van der Waals surface area contributed by atoms with Crippen LogP contribution in [0, 0.1) is 22.7 Å². The Labute approximate surface area is 149 Å². The Balaban J connectivity index is 1.93. The molecule has 1 heterocycles. The summed E-state index contributed by atoms with van der Waals surface area (Å²) in [7, 11) is 0. The van der Waals surface area contributed by atoms with Gasteiger partial charge < -0.3 is 20.1 Å². The van der Waals surface area contributed by atoms with E-state index in [1.54, 1.807) is 0 Å². The molecule has 4 aliphatic rings. The molecule has 5 nitrogen and oxygen atoms in total. The van der Waals surface area contributed by atoms with Gasteiger partial charge in [0.1, 0.15) is 12.2 Å². The Morgan fingerprint density at radius 1 is 1.16 bits per heavy atom. The molecule has 0 amide bonds. The van der Waals surface area contributed by atoms with Crippen LogP contribution in [0.15, 0.2) is 11.1 Å². The summed E-state index contributed by atoms with van der Waals surface area (Å²) < 4.78 is 6.00. The molecule has 3 N–H and O–H groups in total. The highest BCUT2D eigenvalue weighted by Gasteiger charge is 2.73. The van der Waals surface area contributed by atoms with Gasteiger partial charge in [-0.2, -0.15) is 0 Å². The third-order valence-corrected chi connectivity index (χ3v) is 7.92. The molecule has 3 aliphatic carbocycles. The number of hydrogen-bond donors (Lipinski definition) is 3. The third-order valence-electron chi connectivity index (χ3n) is 7.92. The van der Waals surface area contributed by atoms with E-state index in [1.165, 1.54) is 0 Å². The van der Waals surface area contributed by atoms with Gasteiger partial charge in [-0.3, -0.25) is 4.79 Å². The molecule has 0 aromatic heterocycles. The minimum atomic E-state index is -1.73. The molecular weight excluding hydrogens is 320 g/mol. The Kier molecular flexibility index (Phi) is 3.64. The molecule has 1 aliphatic heterocycles. The van der Waals surface area contributed by atoms with Crippen molar-refractivity contribution >= 4 is 5.78 Å². The van der Waals surface area contributed by atoms with E-state index in [9.17, 15) is 20.1 Å². The lowest BCUT2D eigenvalue weighted by Gasteiger charge is -2.44. The van der Waals surface area contributed by atoms with Gasteiger partial charge in [0.15, 0.2) is 11.4 Å². The zero-order valence-corrected chi connectivity index (χ0v) is 15.6. The van der Waals surface area contributed by atoms with Crippen LogP contribution in [0.4, 0.5) is 0 Å². The largest absolute Gasteiger partial charge is 0.389 e. The van der Waals surface area contributed by atoms with Crippen molar-refractivity contribution in [3.8, 4) is 0 Å². The number of ketones is 1. The predicted octanol–water partition coefficient (Wildman–Crippen LogP) is 1.59. The first-order valence-corrected chi connectivity index (χ1v) is 9.56. The van der Waals surface area contributed by atoms with Crippen molar-refractivity contribution in [2.75, 3.05) is 6.61 Å². The normalized spacial score (nSPS) is 52.4. The molecular formula is C20H30O5. The van der Waals surface area contributed by atoms with Crippen LogP contribution in [0.25, 0.3) is 0 Å². The van der Waals surface area contributed by atoms with Crippen LogP contribution >= 0.6 is 0 Å². The van der Waals surface area contributed by atoms with E-state index in [0.717, 1.165) is 24.0 Å². The Morgan fingerprint density at radius 2 is 1.84 bits per heavy atom. The van der Waals surface area contributed by atoms with Gasteiger partial charge in [-0.25, -0.2) is 0 Å². The third kappa shape index (κ3) is 1.90. The second-order valence-corrected chi connectivity index (χ2v) is 9.51. The molecule has 2 fully saturated rings. The number of aliphatic hydroxyl groups is 3. The Bertz CT molecular complexity index is 654. The summed E-state index contributed by atoms with van der Waals surface area (Å²) in [5, 5.41) is 32.9. The number of fused-ring (bicyclic) bond motifs is 2. The van der Waals surface area contributed by atoms with E-state index in [1.807, 2.05) is 20.8 Å². The molecule has 4 rings (SSSR count). The molecule has 25 heavy (non-hydrogen) atoms.